The molecule has 0 unspecified atom stereocenters. The molecule has 1 N–H and O–H groups in total. The number of sulfonamides is 1. The summed E-state index contributed by atoms with van der Waals surface area (Å²) < 4.78 is 31.5. The maximum absolute atomic E-state index is 11.7. The number of anilines is 1. The molecule has 0 heterocycles. The van der Waals surface area contributed by atoms with Gasteiger partial charge in [-0.15, -0.1) is 0 Å². The molecule has 0 atom stereocenters. The van der Waals surface area contributed by atoms with Crippen LogP contribution in [0.3, 0.4) is 0 Å². The van der Waals surface area contributed by atoms with Crippen LogP contribution >= 0.6 is 0 Å². The first kappa shape index (κ1) is 15.8. The van der Waals surface area contributed by atoms with E-state index in [-0.39, 0.29) is 5.75 Å². The second kappa shape index (κ2) is 7.38. The van der Waals surface area contributed by atoms with Gasteiger partial charge in [0, 0.05) is 5.69 Å². The van der Waals surface area contributed by atoms with E-state index < -0.39 is 10.0 Å². The highest BCUT2D eigenvalue weighted by Gasteiger charge is 2.09. The topological polar surface area (TPSA) is 55.4 Å². The van der Waals surface area contributed by atoms with Gasteiger partial charge >= 0.3 is 0 Å². The molecule has 0 bridgehead atoms. The zero-order chi connectivity index (χ0) is 14.3. The van der Waals surface area contributed by atoms with E-state index in [2.05, 4.69) is 18.6 Å². The Kier molecular flexibility index (Phi) is 6.15. The normalized spacial score (nSPS) is 11.6. The smallest absolute Gasteiger partial charge is 0.232 e. The molecule has 0 aliphatic rings. The molecule has 0 amide bonds. The van der Waals surface area contributed by atoms with E-state index in [4.69, 9.17) is 4.74 Å². The quantitative estimate of drug-likeness (QED) is 0.797. The summed E-state index contributed by atoms with van der Waals surface area (Å²) in [5.74, 6) is 1.38. The van der Waals surface area contributed by atoms with Crippen LogP contribution in [0.2, 0.25) is 0 Å². The van der Waals surface area contributed by atoms with E-state index in [1.807, 2.05) is 6.92 Å². The fourth-order valence-electron chi connectivity index (χ4n) is 1.45. The number of nitrogens with one attached hydrogen (secondary N) is 1. The largest absolute Gasteiger partial charge is 0.493 e. The Bertz CT molecular complexity index is 466. The third-order valence-electron chi connectivity index (χ3n) is 2.48. The van der Waals surface area contributed by atoms with Gasteiger partial charge in [-0.2, -0.15) is 0 Å². The summed E-state index contributed by atoms with van der Waals surface area (Å²) in [6.07, 6.45) is 1.54. The molecule has 0 aromatic heterocycles. The van der Waals surface area contributed by atoms with Crippen LogP contribution in [-0.4, -0.2) is 20.8 Å². The maximum Gasteiger partial charge on any atom is 0.232 e. The summed E-state index contributed by atoms with van der Waals surface area (Å²) in [4.78, 5) is 0. The standard InChI is InChI=1S/C14H23NO3S/c1-4-5-10-19(16,17)15-13-6-8-14(9-7-13)18-11-12(2)3/h6-9,12,15H,4-5,10-11H2,1-3H3. The van der Waals surface area contributed by atoms with E-state index in [9.17, 15) is 8.42 Å². The van der Waals surface area contributed by atoms with Crippen LogP contribution < -0.4 is 9.46 Å². The lowest BCUT2D eigenvalue weighted by Gasteiger charge is -2.10. The van der Waals surface area contributed by atoms with Crippen LogP contribution in [0.5, 0.6) is 5.75 Å². The number of hydrogen-bond donors (Lipinski definition) is 1. The van der Waals surface area contributed by atoms with Crippen LogP contribution in [0.1, 0.15) is 33.6 Å². The van der Waals surface area contributed by atoms with Crippen LogP contribution in [0, 0.1) is 5.92 Å². The van der Waals surface area contributed by atoms with Gasteiger partial charge in [-0.25, -0.2) is 8.42 Å². The van der Waals surface area contributed by atoms with Crippen LogP contribution in [0.25, 0.3) is 0 Å². The Morgan fingerprint density at radius 3 is 2.37 bits per heavy atom. The van der Waals surface area contributed by atoms with Crippen molar-refractivity contribution in [3.63, 3.8) is 0 Å². The van der Waals surface area contributed by atoms with Crippen molar-refractivity contribution in [1.29, 1.82) is 0 Å². The molecule has 0 saturated heterocycles. The first-order valence-corrected chi connectivity index (χ1v) is 8.31. The van der Waals surface area contributed by atoms with E-state index in [0.29, 0.717) is 24.6 Å². The average Bonchev–Trinajstić information content (AvgIpc) is 2.35. The number of benzene rings is 1. The third kappa shape index (κ3) is 6.47. The average molecular weight is 285 g/mol. The monoisotopic (exact) mass is 285 g/mol. The lowest BCUT2D eigenvalue weighted by Crippen LogP contribution is -2.16. The van der Waals surface area contributed by atoms with Gasteiger partial charge in [-0.1, -0.05) is 27.2 Å². The molecule has 5 heteroatoms. The predicted molar refractivity (Wildman–Crippen MR) is 79.1 cm³/mol. The molecule has 0 saturated carbocycles. The van der Waals surface area contributed by atoms with Gasteiger partial charge in [0.05, 0.1) is 12.4 Å². The van der Waals surface area contributed by atoms with Gasteiger partial charge in [0.25, 0.3) is 0 Å². The molecule has 1 aromatic carbocycles. The number of ether oxygens (including phenoxy) is 1. The van der Waals surface area contributed by atoms with Gasteiger partial charge in [0.2, 0.25) is 10.0 Å². The summed E-state index contributed by atoms with van der Waals surface area (Å²) >= 11 is 0. The summed E-state index contributed by atoms with van der Waals surface area (Å²) in [7, 11) is -3.23. The van der Waals surface area contributed by atoms with Gasteiger partial charge < -0.3 is 4.74 Å². The Balaban J connectivity index is 2.56. The molecule has 4 nitrogen and oxygen atoms in total. The SMILES string of the molecule is CCCCS(=O)(=O)Nc1ccc(OCC(C)C)cc1. The fourth-order valence-corrected chi connectivity index (χ4v) is 2.71. The Hall–Kier alpha value is -1.23. The highest BCUT2D eigenvalue weighted by Crippen LogP contribution is 2.17. The fraction of sp³-hybridized carbons (Fsp3) is 0.571. The van der Waals surface area contributed by atoms with E-state index >= 15 is 0 Å². The van der Waals surface area contributed by atoms with Gasteiger partial charge in [0.1, 0.15) is 5.75 Å². The molecule has 0 aliphatic carbocycles. The molecule has 1 rings (SSSR count). The van der Waals surface area contributed by atoms with Crippen molar-refractivity contribution in [2.45, 2.75) is 33.6 Å². The van der Waals surface area contributed by atoms with Crippen molar-refractivity contribution in [3.05, 3.63) is 24.3 Å². The Morgan fingerprint density at radius 1 is 1.21 bits per heavy atom. The number of hydrogen-bond acceptors (Lipinski definition) is 3. The lowest BCUT2D eigenvalue weighted by molar-refractivity contribution is 0.271. The first-order valence-electron chi connectivity index (χ1n) is 6.66. The molecule has 1 aromatic rings. The molecule has 108 valence electrons. The van der Waals surface area contributed by atoms with Crippen LogP contribution in [-0.2, 0) is 10.0 Å². The molecule has 0 fully saturated rings. The number of unbranched alkanes of at least 4 members (excludes halogenated alkanes) is 1. The highest BCUT2D eigenvalue weighted by atomic mass is 32.2. The zero-order valence-electron chi connectivity index (χ0n) is 11.8. The summed E-state index contributed by atoms with van der Waals surface area (Å²) in [5, 5.41) is 0. The minimum Gasteiger partial charge on any atom is -0.493 e. The second-order valence-corrected chi connectivity index (χ2v) is 6.85. The van der Waals surface area contributed by atoms with E-state index in [1.165, 1.54) is 0 Å². The maximum atomic E-state index is 11.7. The van der Waals surface area contributed by atoms with Gasteiger partial charge in [-0.05, 0) is 36.6 Å². The molecule has 0 radical (unpaired) electrons. The van der Waals surface area contributed by atoms with Crippen LogP contribution in [0.4, 0.5) is 5.69 Å². The van der Waals surface area contributed by atoms with Crippen molar-refractivity contribution in [2.75, 3.05) is 17.1 Å². The minimum atomic E-state index is -3.23. The third-order valence-corrected chi connectivity index (χ3v) is 3.85. The summed E-state index contributed by atoms with van der Waals surface area (Å²) in [5.41, 5.74) is 0.577. The van der Waals surface area contributed by atoms with Crippen molar-refractivity contribution in [3.8, 4) is 5.75 Å². The lowest BCUT2D eigenvalue weighted by atomic mass is 10.2. The minimum absolute atomic E-state index is 0.162. The second-order valence-electron chi connectivity index (χ2n) is 5.00. The Labute approximate surface area is 116 Å². The predicted octanol–water partition coefficient (Wildman–Crippen LogP) is 3.26. The van der Waals surface area contributed by atoms with Crippen molar-refractivity contribution in [2.24, 2.45) is 5.92 Å². The summed E-state index contributed by atoms with van der Waals surface area (Å²) in [6.45, 7) is 6.78. The highest BCUT2D eigenvalue weighted by molar-refractivity contribution is 7.92. The number of rotatable bonds is 8. The van der Waals surface area contributed by atoms with Gasteiger partial charge in [-0.3, -0.25) is 4.72 Å². The van der Waals surface area contributed by atoms with Crippen molar-refractivity contribution < 1.29 is 13.2 Å². The molecular formula is C14H23NO3S. The van der Waals surface area contributed by atoms with Crippen LogP contribution in [0.15, 0.2) is 24.3 Å². The molecule has 0 spiro atoms. The van der Waals surface area contributed by atoms with Crippen molar-refractivity contribution >= 4 is 15.7 Å². The molecular weight excluding hydrogens is 262 g/mol. The Morgan fingerprint density at radius 2 is 1.84 bits per heavy atom. The van der Waals surface area contributed by atoms with E-state index in [1.54, 1.807) is 24.3 Å². The van der Waals surface area contributed by atoms with E-state index in [0.717, 1.165) is 12.2 Å². The first-order chi connectivity index (χ1) is 8.93. The molecule has 19 heavy (non-hydrogen) atoms. The molecule has 0 aliphatic heterocycles. The van der Waals surface area contributed by atoms with Gasteiger partial charge in [0.15, 0.2) is 0 Å². The zero-order valence-corrected chi connectivity index (χ0v) is 12.7. The summed E-state index contributed by atoms with van der Waals surface area (Å²) in [6, 6.07) is 7.00. The van der Waals surface area contributed by atoms with Crippen molar-refractivity contribution in [1.82, 2.24) is 0 Å².